The molecule has 0 radical (unpaired) electrons. The van der Waals surface area contributed by atoms with Crippen LogP contribution in [0, 0.1) is 11.3 Å². The van der Waals surface area contributed by atoms with Gasteiger partial charge < -0.3 is 15.0 Å². The van der Waals surface area contributed by atoms with Gasteiger partial charge in [0.25, 0.3) is 0 Å². The summed E-state index contributed by atoms with van der Waals surface area (Å²) in [5.41, 5.74) is 5.96. The average molecular weight is 500 g/mol. The summed E-state index contributed by atoms with van der Waals surface area (Å²) in [5.74, 6) is 0.596. The van der Waals surface area contributed by atoms with Crippen molar-refractivity contribution < 1.29 is 9.53 Å². The van der Waals surface area contributed by atoms with Gasteiger partial charge in [-0.05, 0) is 23.8 Å². The van der Waals surface area contributed by atoms with Crippen LogP contribution < -0.4 is 15.6 Å². The largest absolute Gasteiger partial charge is 0.378 e. The number of pyridine rings is 1. The molecule has 11 nitrogen and oxygen atoms in total. The number of H-pyrrole nitrogens is 1. The predicted molar refractivity (Wildman–Crippen MR) is 137 cm³/mol. The van der Waals surface area contributed by atoms with E-state index in [0.29, 0.717) is 43.4 Å². The predicted octanol–water partition coefficient (Wildman–Crippen LogP) is 3.46. The van der Waals surface area contributed by atoms with E-state index in [0.717, 1.165) is 26.6 Å². The lowest BCUT2D eigenvalue weighted by molar-refractivity contribution is 0.123. The number of hydrogen-bond donors (Lipinski definition) is 3. The minimum absolute atomic E-state index is 0.479. The Morgan fingerprint density at radius 2 is 2.08 bits per heavy atom. The van der Waals surface area contributed by atoms with Crippen LogP contribution in [0.3, 0.4) is 0 Å². The number of nitriles is 1. The van der Waals surface area contributed by atoms with Crippen LogP contribution >= 0.6 is 11.3 Å². The summed E-state index contributed by atoms with van der Waals surface area (Å²) < 4.78 is 5.48. The van der Waals surface area contributed by atoms with E-state index >= 15 is 0 Å². The molecule has 0 spiro atoms. The maximum absolute atomic E-state index is 12.2. The molecule has 5 rings (SSSR count). The van der Waals surface area contributed by atoms with Gasteiger partial charge in [-0.25, -0.2) is 15.2 Å². The molecule has 2 amide bonds. The Morgan fingerprint density at radius 1 is 1.25 bits per heavy atom. The molecular weight excluding hydrogens is 478 g/mol. The third-order valence-electron chi connectivity index (χ3n) is 5.43. The molecule has 1 fully saturated rings. The van der Waals surface area contributed by atoms with E-state index in [2.05, 4.69) is 47.0 Å². The van der Waals surface area contributed by atoms with Gasteiger partial charge in [-0.15, -0.1) is 11.3 Å². The maximum Gasteiger partial charge on any atom is 0.339 e. The van der Waals surface area contributed by atoms with Crippen molar-refractivity contribution in [1.29, 1.82) is 5.26 Å². The van der Waals surface area contributed by atoms with E-state index in [1.165, 1.54) is 23.9 Å². The van der Waals surface area contributed by atoms with Crippen molar-refractivity contribution in [3.8, 4) is 27.9 Å². The molecule has 0 atom stereocenters. The van der Waals surface area contributed by atoms with Crippen molar-refractivity contribution in [2.45, 2.75) is 0 Å². The third kappa shape index (κ3) is 5.07. The van der Waals surface area contributed by atoms with Crippen molar-refractivity contribution in [2.75, 3.05) is 36.5 Å². The molecule has 3 N–H and O–H groups in total. The number of nitrogens with zero attached hydrogens (tertiary/aromatic N) is 6. The number of carbonyl (C=O) groups excluding carboxylic acids is 1. The van der Waals surface area contributed by atoms with E-state index in [-0.39, 0.29) is 0 Å². The van der Waals surface area contributed by atoms with E-state index in [1.54, 1.807) is 30.6 Å². The van der Waals surface area contributed by atoms with Crippen molar-refractivity contribution in [3.63, 3.8) is 0 Å². The number of aromatic amines is 1. The minimum Gasteiger partial charge on any atom is -0.378 e. The van der Waals surface area contributed by atoms with Crippen LogP contribution in [-0.2, 0) is 4.74 Å². The number of nitrogens with one attached hydrogen (secondary N) is 3. The maximum atomic E-state index is 12.2. The number of hydrazone groups is 1. The first kappa shape index (κ1) is 23.2. The van der Waals surface area contributed by atoms with Crippen molar-refractivity contribution in [3.05, 3.63) is 66.2 Å². The molecule has 4 aromatic rings. The SMILES string of the molecule is N#Cc1c(N2CCOCC2)sc(-c2ncn[nH]2)c1-c1ccc(NC(=O)N/N=C/c2cccnc2)cc1. The van der Waals surface area contributed by atoms with Gasteiger partial charge in [0.2, 0.25) is 0 Å². The smallest absolute Gasteiger partial charge is 0.339 e. The molecule has 12 heteroatoms. The summed E-state index contributed by atoms with van der Waals surface area (Å²) in [4.78, 5) is 23.5. The summed E-state index contributed by atoms with van der Waals surface area (Å²) >= 11 is 1.51. The summed E-state index contributed by atoms with van der Waals surface area (Å²) in [6.45, 7) is 2.66. The van der Waals surface area contributed by atoms with Gasteiger partial charge in [0.15, 0.2) is 5.82 Å². The first-order chi connectivity index (χ1) is 17.7. The van der Waals surface area contributed by atoms with Crippen molar-refractivity contribution >= 4 is 34.3 Å². The molecular formula is C24H21N9O2S. The number of hydrogen-bond acceptors (Lipinski definition) is 9. The fourth-order valence-electron chi connectivity index (χ4n) is 3.77. The molecule has 0 saturated carbocycles. The van der Waals surface area contributed by atoms with Gasteiger partial charge in [-0.1, -0.05) is 18.2 Å². The van der Waals surface area contributed by atoms with Crippen LogP contribution in [0.25, 0.3) is 21.8 Å². The fraction of sp³-hybridized carbons (Fsp3) is 0.167. The van der Waals surface area contributed by atoms with Crippen LogP contribution in [0.4, 0.5) is 15.5 Å². The van der Waals surface area contributed by atoms with Crippen LogP contribution in [0.5, 0.6) is 0 Å². The second-order valence-corrected chi connectivity index (χ2v) is 8.72. The lowest BCUT2D eigenvalue weighted by Crippen LogP contribution is -2.36. The van der Waals surface area contributed by atoms with E-state index in [1.807, 2.05) is 18.2 Å². The second kappa shape index (κ2) is 10.8. The molecule has 180 valence electrons. The Morgan fingerprint density at radius 3 is 2.78 bits per heavy atom. The highest BCUT2D eigenvalue weighted by Crippen LogP contribution is 2.46. The number of aromatic nitrogens is 4. The quantitative estimate of drug-likeness (QED) is 0.272. The zero-order valence-corrected chi connectivity index (χ0v) is 19.8. The molecule has 4 heterocycles. The van der Waals surface area contributed by atoms with Crippen molar-refractivity contribution in [1.82, 2.24) is 25.6 Å². The fourth-order valence-corrected chi connectivity index (χ4v) is 5.04. The third-order valence-corrected chi connectivity index (χ3v) is 6.68. The molecule has 0 unspecified atom stereocenters. The number of urea groups is 1. The van der Waals surface area contributed by atoms with Gasteiger partial charge in [0.05, 0.1) is 29.9 Å². The summed E-state index contributed by atoms with van der Waals surface area (Å²) in [6.07, 6.45) is 6.25. The first-order valence-electron chi connectivity index (χ1n) is 11.1. The number of rotatable bonds is 6. The van der Waals surface area contributed by atoms with E-state index in [9.17, 15) is 10.1 Å². The van der Waals surface area contributed by atoms with E-state index < -0.39 is 6.03 Å². The molecule has 1 aliphatic heterocycles. The number of anilines is 2. The number of benzene rings is 1. The Kier molecular flexibility index (Phi) is 6.93. The highest BCUT2D eigenvalue weighted by atomic mass is 32.1. The number of amides is 2. The normalized spacial score (nSPS) is 13.5. The molecule has 0 bridgehead atoms. The van der Waals surface area contributed by atoms with Crippen LogP contribution in [0.1, 0.15) is 11.1 Å². The summed E-state index contributed by atoms with van der Waals surface area (Å²) in [6, 6.07) is 12.8. The first-order valence-corrected chi connectivity index (χ1v) is 11.9. The monoisotopic (exact) mass is 499 g/mol. The average Bonchev–Trinajstić information content (AvgIpc) is 3.58. The molecule has 1 aliphatic rings. The topological polar surface area (TPSA) is 144 Å². The number of thiophene rings is 1. The second-order valence-electron chi connectivity index (χ2n) is 7.72. The highest BCUT2D eigenvalue weighted by molar-refractivity contribution is 7.20. The van der Waals surface area contributed by atoms with Gasteiger partial charge in [-0.3, -0.25) is 10.1 Å². The number of morpholine rings is 1. The van der Waals surface area contributed by atoms with Crippen LogP contribution in [0.15, 0.2) is 60.2 Å². The lowest BCUT2D eigenvalue weighted by atomic mass is 10.0. The van der Waals surface area contributed by atoms with Crippen LogP contribution in [0.2, 0.25) is 0 Å². The van der Waals surface area contributed by atoms with Crippen molar-refractivity contribution in [2.24, 2.45) is 5.10 Å². The van der Waals surface area contributed by atoms with Crippen LogP contribution in [-0.4, -0.2) is 58.7 Å². The van der Waals surface area contributed by atoms with Gasteiger partial charge in [0, 0.05) is 42.3 Å². The minimum atomic E-state index is -0.479. The molecule has 36 heavy (non-hydrogen) atoms. The van der Waals surface area contributed by atoms with Gasteiger partial charge in [0.1, 0.15) is 17.4 Å². The lowest BCUT2D eigenvalue weighted by Gasteiger charge is -2.27. The summed E-state index contributed by atoms with van der Waals surface area (Å²) in [5, 5.41) is 24.6. The Hall–Kier alpha value is -4.60. The standard InChI is InChI=1S/C24H21N9O2S/c25-12-19-20(21(22-27-15-29-31-22)36-23(19)33-8-10-35-11-9-33)17-3-5-18(6-4-17)30-24(34)32-28-14-16-2-1-7-26-13-16/h1-7,13-15H,8-11H2,(H,27,29,31)(H2,30,32,34)/b28-14+. The molecule has 1 saturated heterocycles. The highest BCUT2D eigenvalue weighted by Gasteiger charge is 2.26. The molecule has 3 aromatic heterocycles. The Bertz CT molecular complexity index is 1390. The zero-order chi connectivity index (χ0) is 24.7. The number of ether oxygens (including phenoxy) is 1. The Labute approximate surface area is 210 Å². The van der Waals surface area contributed by atoms with Gasteiger partial charge in [-0.2, -0.15) is 15.5 Å². The van der Waals surface area contributed by atoms with E-state index in [4.69, 9.17) is 4.74 Å². The molecule has 1 aromatic carbocycles. The zero-order valence-electron chi connectivity index (χ0n) is 19.0. The van der Waals surface area contributed by atoms with Gasteiger partial charge >= 0.3 is 6.03 Å². The molecule has 0 aliphatic carbocycles. The Balaban J connectivity index is 1.37. The summed E-state index contributed by atoms with van der Waals surface area (Å²) in [7, 11) is 0. The number of carbonyl (C=O) groups is 1.